The molecule has 0 spiro atoms. The maximum absolute atomic E-state index is 12.6. The molecule has 0 atom stereocenters. The molecule has 0 heterocycles. The fraction of sp³-hybridized carbons (Fsp3) is 0.611. The maximum atomic E-state index is 12.6. The largest absolute Gasteiger partial charge is 0.398 e. The van der Waals surface area contributed by atoms with Gasteiger partial charge in [-0.2, -0.15) is 0 Å². The number of rotatable bonds is 2. The lowest BCUT2D eigenvalue weighted by Gasteiger charge is -2.54. The molecule has 1 amide bonds. The number of carbonyl (C=O) groups is 1. The van der Waals surface area contributed by atoms with Gasteiger partial charge in [0.05, 0.1) is 5.56 Å². The maximum Gasteiger partial charge on any atom is 0.253 e. The van der Waals surface area contributed by atoms with E-state index >= 15 is 0 Å². The number of benzene rings is 1. The van der Waals surface area contributed by atoms with Gasteiger partial charge in [0.2, 0.25) is 0 Å². The monoisotopic (exact) mass is 284 g/mol. The van der Waals surface area contributed by atoms with Crippen molar-refractivity contribution in [2.24, 2.45) is 23.7 Å². The Balaban J connectivity index is 1.53. The van der Waals surface area contributed by atoms with Crippen molar-refractivity contribution in [1.29, 1.82) is 0 Å². The molecular weight excluding hydrogens is 260 g/mol. The SMILES string of the molecule is Cc1ccc(N)c(C(=O)NC2C3CC4CC(C3)CC2C4)c1. The van der Waals surface area contributed by atoms with Gasteiger partial charge in [-0.3, -0.25) is 4.79 Å². The van der Waals surface area contributed by atoms with Crippen LogP contribution >= 0.6 is 0 Å². The molecule has 0 radical (unpaired) electrons. The number of hydrogen-bond acceptors (Lipinski definition) is 2. The van der Waals surface area contributed by atoms with Gasteiger partial charge in [-0.15, -0.1) is 0 Å². The summed E-state index contributed by atoms with van der Waals surface area (Å²) in [7, 11) is 0. The number of nitrogens with one attached hydrogen (secondary N) is 1. The number of hydrogen-bond donors (Lipinski definition) is 2. The van der Waals surface area contributed by atoms with Crippen LogP contribution in [0.2, 0.25) is 0 Å². The van der Waals surface area contributed by atoms with Gasteiger partial charge < -0.3 is 11.1 Å². The Morgan fingerprint density at radius 3 is 2.33 bits per heavy atom. The Bertz CT molecular complexity index is 553. The third-order valence-corrected chi connectivity index (χ3v) is 5.98. The van der Waals surface area contributed by atoms with Crippen LogP contribution < -0.4 is 11.1 Å². The fourth-order valence-corrected chi connectivity index (χ4v) is 5.26. The highest BCUT2D eigenvalue weighted by molar-refractivity contribution is 5.99. The number of anilines is 1. The number of carbonyl (C=O) groups excluding carboxylic acids is 1. The molecule has 0 saturated heterocycles. The minimum Gasteiger partial charge on any atom is -0.398 e. The van der Waals surface area contributed by atoms with Gasteiger partial charge in [0.15, 0.2) is 0 Å². The van der Waals surface area contributed by atoms with E-state index in [9.17, 15) is 4.79 Å². The first kappa shape index (κ1) is 13.2. The molecule has 3 N–H and O–H groups in total. The Morgan fingerprint density at radius 2 is 1.71 bits per heavy atom. The van der Waals surface area contributed by atoms with Gasteiger partial charge in [-0.1, -0.05) is 11.6 Å². The Hall–Kier alpha value is -1.51. The molecule has 4 aliphatic rings. The first-order valence-corrected chi connectivity index (χ1v) is 8.27. The molecule has 0 aromatic heterocycles. The van der Waals surface area contributed by atoms with Gasteiger partial charge >= 0.3 is 0 Å². The Labute approximate surface area is 126 Å². The summed E-state index contributed by atoms with van der Waals surface area (Å²) >= 11 is 0. The first-order valence-electron chi connectivity index (χ1n) is 8.27. The molecule has 5 rings (SSSR count). The summed E-state index contributed by atoms with van der Waals surface area (Å²) in [5.74, 6) is 3.30. The molecule has 4 bridgehead atoms. The second-order valence-corrected chi connectivity index (χ2v) is 7.52. The van der Waals surface area contributed by atoms with Crippen LogP contribution in [0.5, 0.6) is 0 Å². The van der Waals surface area contributed by atoms with Crippen molar-refractivity contribution < 1.29 is 4.79 Å². The van der Waals surface area contributed by atoms with Crippen LogP contribution in [-0.4, -0.2) is 11.9 Å². The normalized spacial score (nSPS) is 36.7. The smallest absolute Gasteiger partial charge is 0.253 e. The minimum atomic E-state index is 0.0219. The Kier molecular flexibility index (Phi) is 2.98. The predicted molar refractivity (Wildman–Crippen MR) is 83.9 cm³/mol. The summed E-state index contributed by atoms with van der Waals surface area (Å²) < 4.78 is 0. The zero-order chi connectivity index (χ0) is 14.6. The minimum absolute atomic E-state index is 0.0219. The van der Waals surface area contributed by atoms with E-state index < -0.39 is 0 Å². The first-order chi connectivity index (χ1) is 10.1. The second-order valence-electron chi connectivity index (χ2n) is 7.52. The number of aryl methyl sites for hydroxylation is 1. The Morgan fingerprint density at radius 1 is 1.10 bits per heavy atom. The molecule has 4 aliphatic carbocycles. The van der Waals surface area contributed by atoms with Crippen molar-refractivity contribution in [3.63, 3.8) is 0 Å². The van der Waals surface area contributed by atoms with E-state index in [1.165, 1.54) is 32.1 Å². The number of nitrogen functional groups attached to an aromatic ring is 1. The van der Waals surface area contributed by atoms with E-state index in [0.29, 0.717) is 29.1 Å². The van der Waals surface area contributed by atoms with Crippen LogP contribution in [0.25, 0.3) is 0 Å². The lowest BCUT2D eigenvalue weighted by atomic mass is 9.54. The van der Waals surface area contributed by atoms with E-state index in [1.54, 1.807) is 0 Å². The van der Waals surface area contributed by atoms with E-state index in [0.717, 1.165) is 17.4 Å². The molecule has 3 nitrogen and oxygen atoms in total. The predicted octanol–water partition coefficient (Wildman–Crippen LogP) is 3.13. The molecule has 0 aliphatic heterocycles. The summed E-state index contributed by atoms with van der Waals surface area (Å²) in [6.07, 6.45) is 6.73. The van der Waals surface area contributed by atoms with E-state index in [1.807, 2.05) is 25.1 Å². The highest BCUT2D eigenvalue weighted by Gasteiger charge is 2.48. The van der Waals surface area contributed by atoms with Gasteiger partial charge in [0, 0.05) is 11.7 Å². The summed E-state index contributed by atoms with van der Waals surface area (Å²) in [4.78, 5) is 12.6. The van der Waals surface area contributed by atoms with Crippen LogP contribution in [-0.2, 0) is 0 Å². The van der Waals surface area contributed by atoms with E-state index in [4.69, 9.17) is 5.73 Å². The molecule has 1 aromatic carbocycles. The average Bonchev–Trinajstić information content (AvgIpc) is 2.44. The summed E-state index contributed by atoms with van der Waals surface area (Å²) in [6, 6.07) is 6.07. The van der Waals surface area contributed by atoms with Gasteiger partial charge in [0.25, 0.3) is 5.91 Å². The zero-order valence-electron chi connectivity index (χ0n) is 12.6. The van der Waals surface area contributed by atoms with Crippen molar-refractivity contribution >= 4 is 11.6 Å². The topological polar surface area (TPSA) is 55.1 Å². The molecule has 0 unspecified atom stereocenters. The van der Waals surface area contributed by atoms with Crippen molar-refractivity contribution in [3.8, 4) is 0 Å². The highest BCUT2D eigenvalue weighted by Crippen LogP contribution is 2.53. The quantitative estimate of drug-likeness (QED) is 0.820. The van der Waals surface area contributed by atoms with E-state index in [-0.39, 0.29) is 5.91 Å². The van der Waals surface area contributed by atoms with Crippen LogP contribution in [0.3, 0.4) is 0 Å². The standard InChI is InChI=1S/C18H24N2O/c1-10-2-3-16(19)15(4-10)18(21)20-17-13-6-11-5-12(8-13)9-14(17)7-11/h2-4,11-14,17H,5-9,19H2,1H3,(H,20,21). The summed E-state index contributed by atoms with van der Waals surface area (Å²) in [6.45, 7) is 2.00. The van der Waals surface area contributed by atoms with Crippen molar-refractivity contribution in [2.75, 3.05) is 5.73 Å². The van der Waals surface area contributed by atoms with Crippen LogP contribution in [0.4, 0.5) is 5.69 Å². The number of nitrogens with two attached hydrogens (primary N) is 1. The lowest BCUT2D eigenvalue weighted by molar-refractivity contribution is -0.0119. The third kappa shape index (κ3) is 2.23. The molecular formula is C18H24N2O. The van der Waals surface area contributed by atoms with Crippen molar-refractivity contribution in [2.45, 2.75) is 45.1 Å². The van der Waals surface area contributed by atoms with Crippen LogP contribution in [0, 0.1) is 30.6 Å². The highest BCUT2D eigenvalue weighted by atomic mass is 16.1. The average molecular weight is 284 g/mol. The van der Waals surface area contributed by atoms with Gasteiger partial charge in [-0.05, 0) is 74.8 Å². The molecule has 112 valence electrons. The number of amides is 1. The summed E-state index contributed by atoms with van der Waals surface area (Å²) in [5, 5.41) is 3.33. The van der Waals surface area contributed by atoms with E-state index in [2.05, 4.69) is 5.32 Å². The molecule has 21 heavy (non-hydrogen) atoms. The van der Waals surface area contributed by atoms with Crippen LogP contribution in [0.1, 0.15) is 48.0 Å². The third-order valence-electron chi connectivity index (χ3n) is 5.98. The zero-order valence-corrected chi connectivity index (χ0v) is 12.6. The fourth-order valence-electron chi connectivity index (χ4n) is 5.26. The van der Waals surface area contributed by atoms with Gasteiger partial charge in [-0.25, -0.2) is 0 Å². The lowest BCUT2D eigenvalue weighted by Crippen LogP contribution is -2.55. The second kappa shape index (κ2) is 4.75. The van der Waals surface area contributed by atoms with Gasteiger partial charge in [0.1, 0.15) is 0 Å². The molecule has 1 aromatic rings. The van der Waals surface area contributed by atoms with Crippen LogP contribution in [0.15, 0.2) is 18.2 Å². The summed E-state index contributed by atoms with van der Waals surface area (Å²) in [5.41, 5.74) is 8.29. The van der Waals surface area contributed by atoms with Crippen molar-refractivity contribution in [1.82, 2.24) is 5.32 Å². The molecule has 3 heteroatoms. The molecule has 4 fully saturated rings. The van der Waals surface area contributed by atoms with Crippen molar-refractivity contribution in [3.05, 3.63) is 29.3 Å². The molecule has 4 saturated carbocycles.